The molecule has 0 aliphatic carbocycles. The summed E-state index contributed by atoms with van der Waals surface area (Å²) >= 11 is 0. The average molecular weight is 491 g/mol. The van der Waals surface area contributed by atoms with E-state index >= 15 is 0 Å². The molecule has 4 aromatic rings. The van der Waals surface area contributed by atoms with Crippen molar-refractivity contribution in [2.45, 2.75) is 25.7 Å². The first-order valence-electron chi connectivity index (χ1n) is 12.1. The number of hydrogen-bond acceptors (Lipinski definition) is 7. The van der Waals surface area contributed by atoms with Crippen LogP contribution in [-0.2, 0) is 11.8 Å². The lowest BCUT2D eigenvalue weighted by Crippen LogP contribution is -2.38. The number of primary amides is 1. The van der Waals surface area contributed by atoms with Gasteiger partial charge < -0.3 is 29.1 Å². The van der Waals surface area contributed by atoms with Gasteiger partial charge in [0.2, 0.25) is 0 Å². The molecule has 2 N–H and O–H groups in total. The minimum Gasteiger partial charge on any atom is -0.491 e. The molecule has 0 atom stereocenters. The summed E-state index contributed by atoms with van der Waals surface area (Å²) in [6.07, 6.45) is 1.55. The van der Waals surface area contributed by atoms with Crippen LogP contribution in [0.1, 0.15) is 40.6 Å². The zero-order chi connectivity index (χ0) is 25.4. The zero-order valence-corrected chi connectivity index (χ0v) is 20.7. The standard InChI is InChI=1S/C27H30N4O5/c1-16-4-7-22-20(14-16)29-26(36-22)17-8-10-31(11-9-17)24-19-6-5-18(35-13-12-34-3)15-21(19)30(2)27(33)23(24)25(28)32/h4-7,14-15,17H,8-13H2,1-3H3,(H2,28,32). The lowest BCUT2D eigenvalue weighted by Gasteiger charge is -2.34. The summed E-state index contributed by atoms with van der Waals surface area (Å²) < 4.78 is 18.3. The Bertz CT molecular complexity index is 1500. The largest absolute Gasteiger partial charge is 0.491 e. The molecule has 3 heterocycles. The van der Waals surface area contributed by atoms with E-state index in [1.54, 1.807) is 14.2 Å². The number of piperidine rings is 1. The van der Waals surface area contributed by atoms with Crippen molar-refractivity contribution >= 4 is 33.6 Å². The molecule has 188 valence electrons. The highest BCUT2D eigenvalue weighted by molar-refractivity contribution is 6.07. The van der Waals surface area contributed by atoms with Crippen LogP contribution in [0, 0.1) is 6.92 Å². The van der Waals surface area contributed by atoms with E-state index in [0.717, 1.165) is 40.8 Å². The molecule has 2 aromatic carbocycles. The fraction of sp³-hybridized carbons (Fsp3) is 0.370. The molecular weight excluding hydrogens is 460 g/mol. The Morgan fingerprint density at radius 3 is 2.67 bits per heavy atom. The van der Waals surface area contributed by atoms with Crippen LogP contribution >= 0.6 is 0 Å². The predicted octanol–water partition coefficient (Wildman–Crippen LogP) is 3.50. The van der Waals surface area contributed by atoms with E-state index in [4.69, 9.17) is 24.6 Å². The van der Waals surface area contributed by atoms with Crippen LogP contribution in [0.4, 0.5) is 5.69 Å². The molecule has 1 fully saturated rings. The molecule has 1 aliphatic heterocycles. The number of nitrogens with zero attached hydrogens (tertiary/aromatic N) is 3. The molecule has 0 saturated carbocycles. The number of amides is 1. The van der Waals surface area contributed by atoms with Gasteiger partial charge in [-0.25, -0.2) is 4.98 Å². The first-order chi connectivity index (χ1) is 17.4. The lowest BCUT2D eigenvalue weighted by molar-refractivity contribution is 0.0999. The number of oxazole rings is 1. The minimum absolute atomic E-state index is 0.00818. The van der Waals surface area contributed by atoms with Crippen molar-refractivity contribution < 1.29 is 18.7 Å². The number of ether oxygens (including phenoxy) is 2. The first-order valence-corrected chi connectivity index (χ1v) is 12.1. The summed E-state index contributed by atoms with van der Waals surface area (Å²) in [6.45, 7) is 4.16. The Kier molecular flexibility index (Phi) is 6.40. The fourth-order valence-electron chi connectivity index (χ4n) is 4.97. The predicted molar refractivity (Wildman–Crippen MR) is 138 cm³/mol. The maximum atomic E-state index is 13.2. The molecule has 2 aromatic heterocycles. The molecule has 0 spiro atoms. The number of nitrogens with two attached hydrogens (primary N) is 1. The molecule has 36 heavy (non-hydrogen) atoms. The molecule has 9 nitrogen and oxygen atoms in total. The van der Waals surface area contributed by atoms with Crippen LogP contribution in [-0.4, -0.2) is 48.9 Å². The number of pyridine rings is 1. The van der Waals surface area contributed by atoms with Gasteiger partial charge in [-0.2, -0.15) is 0 Å². The van der Waals surface area contributed by atoms with Gasteiger partial charge in [0.05, 0.1) is 17.8 Å². The number of methoxy groups -OCH3 is 1. The third-order valence-corrected chi connectivity index (χ3v) is 6.86. The van der Waals surface area contributed by atoms with E-state index in [2.05, 4.69) is 4.90 Å². The molecule has 0 bridgehead atoms. The van der Waals surface area contributed by atoms with Crippen LogP contribution in [0.3, 0.4) is 0 Å². The smallest absolute Gasteiger partial charge is 0.265 e. The van der Waals surface area contributed by atoms with Crippen molar-refractivity contribution in [1.82, 2.24) is 9.55 Å². The number of aromatic nitrogens is 2. The Balaban J connectivity index is 1.48. The number of hydrogen-bond donors (Lipinski definition) is 1. The Labute approximate surface area is 208 Å². The highest BCUT2D eigenvalue weighted by atomic mass is 16.5. The quantitative estimate of drug-likeness (QED) is 0.395. The van der Waals surface area contributed by atoms with Gasteiger partial charge in [0.25, 0.3) is 11.5 Å². The van der Waals surface area contributed by atoms with Gasteiger partial charge in [-0.3, -0.25) is 9.59 Å². The Morgan fingerprint density at radius 2 is 1.94 bits per heavy atom. The number of fused-ring (bicyclic) bond motifs is 2. The third-order valence-electron chi connectivity index (χ3n) is 6.86. The maximum Gasteiger partial charge on any atom is 0.265 e. The number of aryl methyl sites for hydroxylation is 2. The molecule has 9 heteroatoms. The number of benzene rings is 2. The first kappa shape index (κ1) is 23.9. The second-order valence-corrected chi connectivity index (χ2v) is 9.26. The van der Waals surface area contributed by atoms with Crippen molar-refractivity contribution in [3.8, 4) is 5.75 Å². The van der Waals surface area contributed by atoms with Crippen molar-refractivity contribution in [1.29, 1.82) is 0 Å². The third kappa shape index (κ3) is 4.30. The van der Waals surface area contributed by atoms with Crippen LogP contribution in [0.15, 0.2) is 45.6 Å². The van der Waals surface area contributed by atoms with Crippen molar-refractivity contribution in [3.63, 3.8) is 0 Å². The maximum absolute atomic E-state index is 13.2. The molecule has 5 rings (SSSR count). The van der Waals surface area contributed by atoms with Gasteiger partial charge in [-0.15, -0.1) is 0 Å². The van der Waals surface area contributed by atoms with E-state index in [1.165, 1.54) is 4.57 Å². The lowest BCUT2D eigenvalue weighted by atomic mass is 9.95. The van der Waals surface area contributed by atoms with Crippen LogP contribution < -0.4 is 20.9 Å². The molecule has 1 amide bonds. The average Bonchev–Trinajstić information content (AvgIpc) is 3.29. The van der Waals surface area contributed by atoms with Gasteiger partial charge in [0.1, 0.15) is 23.4 Å². The molecule has 1 aliphatic rings. The van der Waals surface area contributed by atoms with E-state index in [-0.39, 0.29) is 11.5 Å². The fourth-order valence-corrected chi connectivity index (χ4v) is 4.97. The van der Waals surface area contributed by atoms with E-state index in [1.807, 2.05) is 43.3 Å². The monoisotopic (exact) mass is 490 g/mol. The van der Waals surface area contributed by atoms with E-state index in [9.17, 15) is 9.59 Å². The van der Waals surface area contributed by atoms with Gasteiger partial charge in [-0.1, -0.05) is 6.07 Å². The number of anilines is 1. The Morgan fingerprint density at radius 1 is 1.17 bits per heavy atom. The van der Waals surface area contributed by atoms with Crippen molar-refractivity contribution in [2.75, 3.05) is 38.3 Å². The summed E-state index contributed by atoms with van der Waals surface area (Å²) in [6, 6.07) is 11.5. The Hall–Kier alpha value is -3.85. The second-order valence-electron chi connectivity index (χ2n) is 9.26. The number of carbonyl (C=O) groups is 1. The highest BCUT2D eigenvalue weighted by Gasteiger charge is 2.30. The highest BCUT2D eigenvalue weighted by Crippen LogP contribution is 2.36. The van der Waals surface area contributed by atoms with Crippen LogP contribution in [0.5, 0.6) is 5.75 Å². The molecule has 0 radical (unpaired) electrons. The minimum atomic E-state index is -0.732. The topological polar surface area (TPSA) is 113 Å². The molecule has 0 unspecified atom stereocenters. The molecule has 1 saturated heterocycles. The zero-order valence-electron chi connectivity index (χ0n) is 20.7. The summed E-state index contributed by atoms with van der Waals surface area (Å²) in [7, 11) is 3.25. The van der Waals surface area contributed by atoms with Crippen molar-refractivity contribution in [3.05, 3.63) is 63.8 Å². The van der Waals surface area contributed by atoms with Crippen molar-refractivity contribution in [2.24, 2.45) is 12.8 Å². The van der Waals surface area contributed by atoms with E-state index in [0.29, 0.717) is 43.3 Å². The number of rotatable bonds is 7. The normalized spacial score (nSPS) is 14.6. The second kappa shape index (κ2) is 9.66. The summed E-state index contributed by atoms with van der Waals surface area (Å²) in [5.74, 6) is 0.781. The van der Waals surface area contributed by atoms with Crippen LogP contribution in [0.2, 0.25) is 0 Å². The summed E-state index contributed by atoms with van der Waals surface area (Å²) in [5.41, 5.74) is 9.36. The summed E-state index contributed by atoms with van der Waals surface area (Å²) in [4.78, 5) is 32.5. The van der Waals surface area contributed by atoms with E-state index < -0.39 is 11.5 Å². The van der Waals surface area contributed by atoms with Gasteiger partial charge >= 0.3 is 0 Å². The number of carbonyl (C=O) groups excluding carboxylic acids is 1. The van der Waals surface area contributed by atoms with Gasteiger partial charge in [-0.05, 0) is 49.6 Å². The van der Waals surface area contributed by atoms with Gasteiger partial charge in [0, 0.05) is 44.6 Å². The van der Waals surface area contributed by atoms with Gasteiger partial charge in [0.15, 0.2) is 11.5 Å². The SMILES string of the molecule is COCCOc1ccc2c(N3CCC(c4nc5cc(C)ccc5o4)CC3)c(C(N)=O)c(=O)n(C)c2c1. The summed E-state index contributed by atoms with van der Waals surface area (Å²) in [5, 5.41) is 0.778. The van der Waals surface area contributed by atoms with Crippen LogP contribution in [0.25, 0.3) is 22.0 Å². The molecular formula is C27H30N4O5.